The Morgan fingerprint density at radius 1 is 1.40 bits per heavy atom. The molecule has 0 amide bonds. The third-order valence-electron chi connectivity index (χ3n) is 2.73. The summed E-state index contributed by atoms with van der Waals surface area (Å²) in [6, 6.07) is 2.07. The number of rotatable bonds is 7. The van der Waals surface area contributed by atoms with Crippen molar-refractivity contribution >= 4 is 27.5 Å². The van der Waals surface area contributed by atoms with Gasteiger partial charge in [0, 0.05) is 18.5 Å². The van der Waals surface area contributed by atoms with Crippen molar-refractivity contribution in [2.45, 2.75) is 33.3 Å². The van der Waals surface area contributed by atoms with E-state index in [-0.39, 0.29) is 6.10 Å². The Kier molecular flexibility index (Phi) is 5.14. The Labute approximate surface area is 123 Å². The number of aryl methyl sites for hydroxylation is 1. The third-order valence-corrected chi connectivity index (χ3v) is 3.67. The summed E-state index contributed by atoms with van der Waals surface area (Å²) in [7, 11) is 1.67. The fraction of sp³-hybridized carbons (Fsp3) is 0.571. The molecule has 0 aromatic carbocycles. The number of nitrogens with zero attached hydrogens (tertiary/aromatic N) is 2. The molecule has 2 heterocycles. The smallest absolute Gasteiger partial charge is 0.227 e. The summed E-state index contributed by atoms with van der Waals surface area (Å²) in [6.45, 7) is 7.53. The predicted molar refractivity (Wildman–Crippen MR) is 82.9 cm³/mol. The van der Waals surface area contributed by atoms with Crippen molar-refractivity contribution in [3.63, 3.8) is 0 Å². The van der Waals surface area contributed by atoms with Crippen LogP contribution in [0.2, 0.25) is 0 Å². The lowest BCUT2D eigenvalue weighted by Gasteiger charge is -2.14. The van der Waals surface area contributed by atoms with Gasteiger partial charge in [0.25, 0.3) is 0 Å². The van der Waals surface area contributed by atoms with Crippen molar-refractivity contribution in [3.8, 4) is 5.88 Å². The van der Waals surface area contributed by atoms with Gasteiger partial charge in [0.2, 0.25) is 11.8 Å². The van der Waals surface area contributed by atoms with Crippen LogP contribution in [0.3, 0.4) is 0 Å². The molecule has 5 nitrogen and oxygen atoms in total. The maximum Gasteiger partial charge on any atom is 0.227 e. The summed E-state index contributed by atoms with van der Waals surface area (Å²) < 4.78 is 11.0. The molecule has 2 rings (SSSR count). The summed E-state index contributed by atoms with van der Waals surface area (Å²) in [5, 5.41) is 4.18. The van der Waals surface area contributed by atoms with Crippen LogP contribution in [0, 0.1) is 6.92 Å². The lowest BCUT2D eigenvalue weighted by atomic mass is 10.3. The fourth-order valence-corrected chi connectivity index (χ4v) is 2.75. The molecule has 0 radical (unpaired) electrons. The molecule has 20 heavy (non-hydrogen) atoms. The lowest BCUT2D eigenvalue weighted by Crippen LogP contribution is -2.19. The summed E-state index contributed by atoms with van der Waals surface area (Å²) in [5.41, 5.74) is 0. The number of hydrogen-bond acceptors (Lipinski definition) is 6. The zero-order valence-electron chi connectivity index (χ0n) is 12.4. The molecule has 0 saturated carbocycles. The van der Waals surface area contributed by atoms with Crippen LogP contribution < -0.4 is 10.1 Å². The first-order valence-corrected chi connectivity index (χ1v) is 7.63. The minimum absolute atomic E-state index is 0.0441. The Morgan fingerprint density at radius 3 is 2.90 bits per heavy atom. The van der Waals surface area contributed by atoms with Crippen molar-refractivity contribution in [1.29, 1.82) is 0 Å². The molecule has 6 heteroatoms. The van der Waals surface area contributed by atoms with E-state index in [1.54, 1.807) is 18.4 Å². The van der Waals surface area contributed by atoms with Gasteiger partial charge in [-0.3, -0.25) is 0 Å². The number of anilines is 1. The average Bonchev–Trinajstić information content (AvgIpc) is 2.77. The first-order valence-electron chi connectivity index (χ1n) is 6.81. The second kappa shape index (κ2) is 6.85. The van der Waals surface area contributed by atoms with Crippen LogP contribution in [0.1, 0.15) is 25.1 Å². The van der Waals surface area contributed by atoms with Crippen LogP contribution in [-0.2, 0) is 4.74 Å². The van der Waals surface area contributed by atoms with Gasteiger partial charge in [-0.05, 0) is 26.3 Å². The van der Waals surface area contributed by atoms with E-state index in [1.807, 2.05) is 6.92 Å². The van der Waals surface area contributed by atoms with Crippen LogP contribution in [0.25, 0.3) is 10.2 Å². The van der Waals surface area contributed by atoms with Gasteiger partial charge in [-0.2, -0.15) is 4.98 Å². The molecule has 0 fully saturated rings. The predicted octanol–water partition coefficient (Wildman–Crippen LogP) is 3.24. The van der Waals surface area contributed by atoms with Crippen LogP contribution in [0.15, 0.2) is 6.07 Å². The van der Waals surface area contributed by atoms with Gasteiger partial charge in [-0.25, -0.2) is 4.98 Å². The highest BCUT2D eigenvalue weighted by molar-refractivity contribution is 7.18. The lowest BCUT2D eigenvalue weighted by molar-refractivity contribution is 0.0902. The molecular formula is C14H21N3O2S. The molecule has 0 bridgehead atoms. The van der Waals surface area contributed by atoms with Crippen LogP contribution >= 0.6 is 11.3 Å². The van der Waals surface area contributed by atoms with Crippen LogP contribution in [0.4, 0.5) is 5.95 Å². The van der Waals surface area contributed by atoms with Gasteiger partial charge in [0.05, 0.1) is 12.0 Å². The van der Waals surface area contributed by atoms with Gasteiger partial charge < -0.3 is 14.8 Å². The summed E-state index contributed by atoms with van der Waals surface area (Å²) >= 11 is 1.65. The zero-order chi connectivity index (χ0) is 14.5. The molecule has 1 N–H and O–H groups in total. The van der Waals surface area contributed by atoms with Gasteiger partial charge in [0.1, 0.15) is 10.9 Å². The highest BCUT2D eigenvalue weighted by Gasteiger charge is 2.14. The van der Waals surface area contributed by atoms with E-state index in [1.165, 1.54) is 4.88 Å². The maximum atomic E-state index is 5.89. The molecule has 2 aromatic rings. The Morgan fingerprint density at radius 2 is 2.20 bits per heavy atom. The Balaban J connectivity index is 2.33. The molecule has 0 saturated heterocycles. The summed E-state index contributed by atoms with van der Waals surface area (Å²) in [5.74, 6) is 1.25. The number of nitrogens with one attached hydrogen (secondary N) is 1. The second-order valence-electron chi connectivity index (χ2n) is 4.74. The number of fused-ring (bicyclic) bond motifs is 1. The van der Waals surface area contributed by atoms with E-state index in [2.05, 4.69) is 35.2 Å². The second-order valence-corrected chi connectivity index (χ2v) is 5.97. The quantitative estimate of drug-likeness (QED) is 0.850. The number of thiophene rings is 1. The zero-order valence-corrected chi connectivity index (χ0v) is 13.2. The first-order chi connectivity index (χ1) is 9.63. The van der Waals surface area contributed by atoms with Crippen LogP contribution in [0.5, 0.6) is 5.88 Å². The third kappa shape index (κ3) is 3.58. The molecule has 0 aliphatic rings. The van der Waals surface area contributed by atoms with E-state index >= 15 is 0 Å². The van der Waals surface area contributed by atoms with Crippen molar-refractivity contribution in [1.82, 2.24) is 9.97 Å². The largest absolute Gasteiger partial charge is 0.472 e. The summed E-state index contributed by atoms with van der Waals surface area (Å²) in [4.78, 5) is 11.2. The van der Waals surface area contributed by atoms with Crippen LogP contribution in [-0.4, -0.2) is 36.3 Å². The molecule has 1 atom stereocenters. The average molecular weight is 295 g/mol. The highest BCUT2D eigenvalue weighted by Crippen LogP contribution is 2.31. The van der Waals surface area contributed by atoms with Gasteiger partial charge >= 0.3 is 0 Å². The van der Waals surface area contributed by atoms with Gasteiger partial charge in [-0.1, -0.05) is 6.92 Å². The van der Waals surface area contributed by atoms with E-state index < -0.39 is 0 Å². The number of ether oxygens (including phenoxy) is 2. The topological polar surface area (TPSA) is 56.3 Å². The van der Waals surface area contributed by atoms with Crippen molar-refractivity contribution in [2.75, 3.05) is 25.6 Å². The number of hydrogen-bond donors (Lipinski definition) is 1. The molecular weight excluding hydrogens is 274 g/mol. The van der Waals surface area contributed by atoms with E-state index in [9.17, 15) is 0 Å². The maximum absolute atomic E-state index is 5.89. The number of aromatic nitrogens is 2. The molecule has 2 aromatic heterocycles. The molecule has 1 unspecified atom stereocenters. The molecule has 0 spiro atoms. The van der Waals surface area contributed by atoms with E-state index in [4.69, 9.17) is 9.47 Å². The Bertz CT molecular complexity index is 571. The number of methoxy groups -OCH3 is 1. The molecule has 110 valence electrons. The van der Waals surface area contributed by atoms with Crippen molar-refractivity contribution < 1.29 is 9.47 Å². The highest BCUT2D eigenvalue weighted by atomic mass is 32.1. The SMILES string of the molecule is CCCNc1nc(OC(C)COC)c2cc(C)sc2n1. The standard InChI is InChI=1S/C14H21N3O2S/c1-5-6-15-14-16-12(19-9(2)8-18-4)11-7-10(3)20-13(11)17-14/h7,9H,5-6,8H2,1-4H3,(H,15,16,17). The van der Waals surface area contributed by atoms with Gasteiger partial charge in [-0.15, -0.1) is 11.3 Å². The molecule has 0 aliphatic heterocycles. The normalized spacial score (nSPS) is 12.6. The van der Waals surface area contributed by atoms with E-state index in [0.29, 0.717) is 18.4 Å². The van der Waals surface area contributed by atoms with Gasteiger partial charge in [0.15, 0.2) is 0 Å². The minimum atomic E-state index is -0.0441. The van der Waals surface area contributed by atoms with Crippen molar-refractivity contribution in [3.05, 3.63) is 10.9 Å². The first kappa shape index (κ1) is 15.0. The van der Waals surface area contributed by atoms with E-state index in [0.717, 1.165) is 23.2 Å². The minimum Gasteiger partial charge on any atom is -0.472 e. The monoisotopic (exact) mass is 295 g/mol. The molecule has 0 aliphatic carbocycles. The summed E-state index contributed by atoms with van der Waals surface area (Å²) in [6.07, 6.45) is 0.985. The van der Waals surface area contributed by atoms with Crippen molar-refractivity contribution in [2.24, 2.45) is 0 Å². The fourth-order valence-electron chi connectivity index (χ4n) is 1.88. The Hall–Kier alpha value is -1.40.